The molecule has 0 unspecified atom stereocenters. The monoisotopic (exact) mass is 307 g/mol. The van der Waals surface area contributed by atoms with Crippen molar-refractivity contribution in [3.8, 4) is 5.75 Å². The molecule has 0 aliphatic heterocycles. The van der Waals surface area contributed by atoms with E-state index in [2.05, 4.69) is 10.1 Å². The van der Waals surface area contributed by atoms with E-state index in [1.54, 1.807) is 28.9 Å². The maximum atomic E-state index is 12.7. The van der Waals surface area contributed by atoms with Gasteiger partial charge in [0.05, 0.1) is 12.7 Å². The minimum atomic E-state index is -4.36. The van der Waals surface area contributed by atoms with Crippen LogP contribution in [-0.4, -0.2) is 21.7 Å². The van der Waals surface area contributed by atoms with Crippen molar-refractivity contribution in [2.75, 3.05) is 7.11 Å². The first kappa shape index (κ1) is 14.4. The first-order valence-corrected chi connectivity index (χ1v) is 6.52. The van der Waals surface area contributed by atoms with Gasteiger partial charge in [0.25, 0.3) is 0 Å². The lowest BCUT2D eigenvalue weighted by molar-refractivity contribution is -0.137. The topological polar surface area (TPSA) is 39.4 Å². The molecular weight excluding hydrogens is 295 g/mol. The molecular formula is C15H12F3N3O. The molecule has 114 valence electrons. The van der Waals surface area contributed by atoms with E-state index in [1.807, 2.05) is 0 Å². The molecule has 0 amide bonds. The van der Waals surface area contributed by atoms with Crippen LogP contribution in [0.3, 0.4) is 0 Å². The van der Waals surface area contributed by atoms with Gasteiger partial charge in [-0.2, -0.15) is 18.3 Å². The Balaban J connectivity index is 1.93. The maximum absolute atomic E-state index is 12.7. The molecule has 3 rings (SSSR count). The van der Waals surface area contributed by atoms with Gasteiger partial charge in [-0.15, -0.1) is 0 Å². The number of aromatic nitrogens is 3. The summed E-state index contributed by atoms with van der Waals surface area (Å²) in [5.41, 5.74) is 0.364. The number of nitrogens with zero attached hydrogens (tertiary/aromatic N) is 3. The van der Waals surface area contributed by atoms with Crippen LogP contribution in [0.25, 0.3) is 5.65 Å². The molecule has 1 aromatic carbocycles. The number of hydrogen-bond acceptors (Lipinski definition) is 3. The average molecular weight is 307 g/mol. The number of methoxy groups -OCH3 is 1. The number of ether oxygens (including phenoxy) is 1. The van der Waals surface area contributed by atoms with Crippen molar-refractivity contribution in [2.45, 2.75) is 12.6 Å². The molecule has 4 nitrogen and oxygen atoms in total. The van der Waals surface area contributed by atoms with Gasteiger partial charge in [0.1, 0.15) is 0 Å². The molecule has 0 saturated heterocycles. The summed E-state index contributed by atoms with van der Waals surface area (Å²) >= 11 is 0. The largest absolute Gasteiger partial charge is 0.493 e. The molecule has 0 aliphatic carbocycles. The minimum Gasteiger partial charge on any atom is -0.493 e. The molecule has 0 N–H and O–H groups in total. The number of hydrogen-bond donors (Lipinski definition) is 0. The summed E-state index contributed by atoms with van der Waals surface area (Å²) in [4.78, 5) is 4.32. The van der Waals surface area contributed by atoms with Gasteiger partial charge >= 0.3 is 6.18 Å². The fourth-order valence-electron chi connectivity index (χ4n) is 2.20. The van der Waals surface area contributed by atoms with E-state index in [0.29, 0.717) is 22.8 Å². The van der Waals surface area contributed by atoms with Crippen molar-refractivity contribution in [2.24, 2.45) is 0 Å². The van der Waals surface area contributed by atoms with Gasteiger partial charge in [0, 0.05) is 12.6 Å². The Kier molecular flexibility index (Phi) is 3.48. The highest BCUT2D eigenvalue weighted by Crippen LogP contribution is 2.30. The van der Waals surface area contributed by atoms with E-state index in [-0.39, 0.29) is 6.42 Å². The van der Waals surface area contributed by atoms with Crippen LogP contribution < -0.4 is 4.74 Å². The molecule has 0 saturated carbocycles. The van der Waals surface area contributed by atoms with Crippen LogP contribution in [0, 0.1) is 0 Å². The second kappa shape index (κ2) is 5.32. The molecule has 0 bridgehead atoms. The molecule has 2 heterocycles. The van der Waals surface area contributed by atoms with Gasteiger partial charge in [-0.05, 0) is 23.8 Å². The lowest BCUT2D eigenvalue weighted by Crippen LogP contribution is -2.05. The molecule has 22 heavy (non-hydrogen) atoms. The zero-order valence-corrected chi connectivity index (χ0v) is 11.6. The zero-order chi connectivity index (χ0) is 15.7. The van der Waals surface area contributed by atoms with Crippen LogP contribution in [0.2, 0.25) is 0 Å². The fraction of sp³-hybridized carbons (Fsp3) is 0.200. The smallest absolute Gasteiger partial charge is 0.416 e. The van der Waals surface area contributed by atoms with Gasteiger partial charge in [-0.25, -0.2) is 9.50 Å². The van der Waals surface area contributed by atoms with Crippen LogP contribution in [0.4, 0.5) is 13.2 Å². The van der Waals surface area contributed by atoms with Gasteiger partial charge in [0.2, 0.25) is 0 Å². The Morgan fingerprint density at radius 2 is 2.00 bits per heavy atom. The van der Waals surface area contributed by atoms with Crippen molar-refractivity contribution < 1.29 is 17.9 Å². The van der Waals surface area contributed by atoms with Crippen LogP contribution in [0.15, 0.2) is 42.6 Å². The quantitative estimate of drug-likeness (QED) is 0.745. The Labute approximate surface area is 124 Å². The standard InChI is InChI=1S/C15H12F3N3O/c1-22-12-6-3-7-21-14(12)19-13(20-21)9-10-4-2-5-11(8-10)15(16,17)18/h2-8H,9H2,1H3. The Morgan fingerprint density at radius 3 is 2.73 bits per heavy atom. The lowest BCUT2D eigenvalue weighted by Gasteiger charge is -2.07. The Bertz CT molecular complexity index is 811. The number of benzene rings is 1. The molecule has 0 fully saturated rings. The van der Waals surface area contributed by atoms with E-state index in [0.717, 1.165) is 12.1 Å². The third-order valence-corrected chi connectivity index (χ3v) is 3.21. The second-order valence-electron chi connectivity index (χ2n) is 4.75. The molecule has 0 atom stereocenters. The third-order valence-electron chi connectivity index (χ3n) is 3.21. The van der Waals surface area contributed by atoms with Gasteiger partial charge in [-0.1, -0.05) is 18.2 Å². The highest BCUT2D eigenvalue weighted by atomic mass is 19.4. The van der Waals surface area contributed by atoms with Crippen LogP contribution in [-0.2, 0) is 12.6 Å². The minimum absolute atomic E-state index is 0.217. The summed E-state index contributed by atoms with van der Waals surface area (Å²) in [6.45, 7) is 0. The normalized spacial score (nSPS) is 11.8. The molecule has 0 aliphatic rings. The number of fused-ring (bicyclic) bond motifs is 1. The highest BCUT2D eigenvalue weighted by molar-refractivity contribution is 5.52. The summed E-state index contributed by atoms with van der Waals surface area (Å²) < 4.78 is 44.9. The van der Waals surface area contributed by atoms with Gasteiger partial charge in [0.15, 0.2) is 17.2 Å². The van der Waals surface area contributed by atoms with Crippen molar-refractivity contribution >= 4 is 5.65 Å². The number of pyridine rings is 1. The number of halogens is 3. The summed E-state index contributed by atoms with van der Waals surface area (Å²) in [5, 5.41) is 4.25. The Hall–Kier alpha value is -2.57. The van der Waals surface area contributed by atoms with Gasteiger partial charge < -0.3 is 4.74 Å². The number of alkyl halides is 3. The van der Waals surface area contributed by atoms with Gasteiger partial charge in [-0.3, -0.25) is 0 Å². The summed E-state index contributed by atoms with van der Waals surface area (Å²) in [6.07, 6.45) is -2.43. The summed E-state index contributed by atoms with van der Waals surface area (Å²) in [6, 6.07) is 8.67. The van der Waals surface area contributed by atoms with Crippen molar-refractivity contribution in [1.29, 1.82) is 0 Å². The van der Waals surface area contributed by atoms with E-state index >= 15 is 0 Å². The molecule has 2 aromatic heterocycles. The van der Waals surface area contributed by atoms with Crippen molar-refractivity contribution in [3.05, 3.63) is 59.5 Å². The van der Waals surface area contributed by atoms with Crippen molar-refractivity contribution in [1.82, 2.24) is 14.6 Å². The molecule has 7 heteroatoms. The SMILES string of the molecule is COc1cccn2nc(Cc3cccc(C(F)(F)F)c3)nc12. The first-order valence-electron chi connectivity index (χ1n) is 6.52. The average Bonchev–Trinajstić information content (AvgIpc) is 2.88. The maximum Gasteiger partial charge on any atom is 0.416 e. The molecule has 3 aromatic rings. The van der Waals surface area contributed by atoms with Crippen LogP contribution in [0.1, 0.15) is 17.0 Å². The van der Waals surface area contributed by atoms with E-state index in [4.69, 9.17) is 4.74 Å². The van der Waals surface area contributed by atoms with Crippen LogP contribution >= 0.6 is 0 Å². The van der Waals surface area contributed by atoms with E-state index in [1.165, 1.54) is 13.2 Å². The highest BCUT2D eigenvalue weighted by Gasteiger charge is 2.30. The summed E-state index contributed by atoms with van der Waals surface area (Å²) in [5.74, 6) is 0.995. The van der Waals surface area contributed by atoms with Crippen LogP contribution in [0.5, 0.6) is 5.75 Å². The lowest BCUT2D eigenvalue weighted by atomic mass is 10.1. The number of rotatable bonds is 3. The van der Waals surface area contributed by atoms with E-state index in [9.17, 15) is 13.2 Å². The predicted molar refractivity (Wildman–Crippen MR) is 73.8 cm³/mol. The Morgan fingerprint density at radius 1 is 1.18 bits per heavy atom. The molecule has 0 radical (unpaired) electrons. The fourth-order valence-corrected chi connectivity index (χ4v) is 2.20. The predicted octanol–water partition coefficient (Wildman–Crippen LogP) is 3.35. The van der Waals surface area contributed by atoms with E-state index < -0.39 is 11.7 Å². The first-order chi connectivity index (χ1) is 10.5. The van der Waals surface area contributed by atoms with Crippen molar-refractivity contribution in [3.63, 3.8) is 0 Å². The molecule has 0 spiro atoms. The summed E-state index contributed by atoms with van der Waals surface area (Å²) in [7, 11) is 1.52. The zero-order valence-electron chi connectivity index (χ0n) is 11.6. The third kappa shape index (κ3) is 2.74. The second-order valence-corrected chi connectivity index (χ2v) is 4.75.